The van der Waals surface area contributed by atoms with E-state index in [0.29, 0.717) is 43.2 Å². The Morgan fingerprint density at radius 3 is 2.24 bits per heavy atom. The highest BCUT2D eigenvalue weighted by atomic mass is 16.6. The number of rotatable bonds is 5. The normalized spacial score (nSPS) is 14.4. The van der Waals surface area contributed by atoms with E-state index in [0.717, 1.165) is 5.57 Å². The number of carboxylic acid groups (broad SMARTS) is 1. The van der Waals surface area contributed by atoms with Gasteiger partial charge in [0.15, 0.2) is 11.2 Å². The van der Waals surface area contributed by atoms with E-state index in [2.05, 4.69) is 4.98 Å². The number of amides is 1. The van der Waals surface area contributed by atoms with E-state index in [9.17, 15) is 24.3 Å². The van der Waals surface area contributed by atoms with Crippen molar-refractivity contribution in [3.8, 4) is 0 Å². The summed E-state index contributed by atoms with van der Waals surface area (Å²) in [6.45, 7) is 10.6. The van der Waals surface area contributed by atoms with Gasteiger partial charge in [-0.25, -0.2) is 14.2 Å². The number of carbonyl (C=O) groups excluding carboxylic acids is 1. The van der Waals surface area contributed by atoms with Gasteiger partial charge in [-0.2, -0.15) is 4.98 Å². The summed E-state index contributed by atoms with van der Waals surface area (Å²) in [6, 6.07) is 0. The molecule has 2 aromatic heterocycles. The third-order valence-electron chi connectivity index (χ3n) is 5.40. The van der Waals surface area contributed by atoms with Crippen LogP contribution in [-0.4, -0.2) is 72.5 Å². The lowest BCUT2D eigenvalue weighted by atomic mass is 10.2. The van der Waals surface area contributed by atoms with Crippen molar-refractivity contribution >= 4 is 29.2 Å². The van der Waals surface area contributed by atoms with E-state index in [-0.39, 0.29) is 17.3 Å². The summed E-state index contributed by atoms with van der Waals surface area (Å²) in [4.78, 5) is 57.7. The van der Waals surface area contributed by atoms with Gasteiger partial charge in [0.1, 0.15) is 12.1 Å². The van der Waals surface area contributed by atoms with E-state index >= 15 is 0 Å². The summed E-state index contributed by atoms with van der Waals surface area (Å²) >= 11 is 0. The van der Waals surface area contributed by atoms with Crippen LogP contribution in [0.15, 0.2) is 21.2 Å². The van der Waals surface area contributed by atoms with Crippen LogP contribution < -0.4 is 16.1 Å². The molecule has 0 bridgehead atoms. The lowest BCUT2D eigenvalue weighted by Gasteiger charge is -2.36. The second-order valence-corrected chi connectivity index (χ2v) is 9.56. The maximum absolute atomic E-state index is 13.2. The minimum absolute atomic E-state index is 0.158. The van der Waals surface area contributed by atoms with Gasteiger partial charge in [0, 0.05) is 39.8 Å². The van der Waals surface area contributed by atoms with Gasteiger partial charge in [-0.3, -0.25) is 14.2 Å². The first kappa shape index (κ1) is 25.1. The number of carboxylic acids is 1. The molecule has 3 rings (SSSR count). The molecule has 1 fully saturated rings. The molecule has 1 aliphatic rings. The van der Waals surface area contributed by atoms with Crippen LogP contribution in [0.2, 0.25) is 0 Å². The van der Waals surface area contributed by atoms with Crippen LogP contribution in [0.3, 0.4) is 0 Å². The maximum atomic E-state index is 13.2. The van der Waals surface area contributed by atoms with E-state index in [1.54, 1.807) is 9.47 Å². The van der Waals surface area contributed by atoms with Crippen molar-refractivity contribution in [2.24, 2.45) is 7.05 Å². The third-order valence-corrected chi connectivity index (χ3v) is 5.40. The number of allylic oxidation sites excluding steroid dienone is 2. The zero-order chi connectivity index (χ0) is 25.4. The summed E-state index contributed by atoms with van der Waals surface area (Å²) in [5.41, 5.74) is -0.665. The Kier molecular flexibility index (Phi) is 6.89. The molecule has 0 atom stereocenters. The number of aliphatic carboxylic acids is 1. The van der Waals surface area contributed by atoms with Crippen LogP contribution in [0, 0.1) is 0 Å². The van der Waals surface area contributed by atoms with Gasteiger partial charge >= 0.3 is 17.8 Å². The largest absolute Gasteiger partial charge is 0.480 e. The van der Waals surface area contributed by atoms with Crippen LogP contribution >= 0.6 is 0 Å². The van der Waals surface area contributed by atoms with Gasteiger partial charge in [0.2, 0.25) is 5.95 Å². The Balaban J connectivity index is 2.04. The van der Waals surface area contributed by atoms with Crippen LogP contribution in [0.25, 0.3) is 11.2 Å². The Hall–Kier alpha value is -3.57. The smallest absolute Gasteiger partial charge is 0.410 e. The number of carbonyl (C=O) groups is 2. The predicted molar refractivity (Wildman–Crippen MR) is 126 cm³/mol. The summed E-state index contributed by atoms with van der Waals surface area (Å²) in [5.74, 6) is -0.802. The first-order valence-electron chi connectivity index (χ1n) is 11.1. The molecule has 0 unspecified atom stereocenters. The van der Waals surface area contributed by atoms with E-state index in [4.69, 9.17) is 4.74 Å². The molecule has 0 aliphatic carbocycles. The molecule has 0 spiro atoms. The van der Waals surface area contributed by atoms with Gasteiger partial charge < -0.3 is 24.2 Å². The Morgan fingerprint density at radius 2 is 1.71 bits per heavy atom. The summed E-state index contributed by atoms with van der Waals surface area (Å²) in [6.07, 6.45) is 1.54. The van der Waals surface area contributed by atoms with Gasteiger partial charge in [0.25, 0.3) is 5.56 Å². The van der Waals surface area contributed by atoms with Crippen molar-refractivity contribution < 1.29 is 19.4 Å². The number of aromatic nitrogens is 4. The van der Waals surface area contributed by atoms with E-state index < -0.39 is 29.4 Å². The zero-order valence-electron chi connectivity index (χ0n) is 20.5. The first-order chi connectivity index (χ1) is 15.8. The standard InChI is InChI=1S/C22H32N6O6/c1-14(2)7-8-27-16-17(24(6)20(32)28(18(16)31)13-15(29)30)23-19(27)25-9-11-26(12-10-25)21(33)34-22(3,4)5/h7H,8-13H2,1-6H3,(H,29,30). The van der Waals surface area contributed by atoms with Crippen molar-refractivity contribution in [3.63, 3.8) is 0 Å². The Morgan fingerprint density at radius 1 is 1.09 bits per heavy atom. The SMILES string of the molecule is CC(C)=CCn1c(N2CCN(C(=O)OC(C)(C)C)CC2)nc2c1c(=O)n(CC(=O)O)c(=O)n2C. The molecule has 0 aromatic carbocycles. The van der Waals surface area contributed by atoms with Crippen molar-refractivity contribution in [3.05, 3.63) is 32.5 Å². The quantitative estimate of drug-likeness (QED) is 0.633. The fraction of sp³-hybridized carbons (Fsp3) is 0.591. The average molecular weight is 477 g/mol. The molecule has 34 heavy (non-hydrogen) atoms. The number of fused-ring (bicyclic) bond motifs is 1. The number of hydrogen-bond donors (Lipinski definition) is 1. The highest BCUT2D eigenvalue weighted by Crippen LogP contribution is 2.22. The molecular weight excluding hydrogens is 444 g/mol. The molecule has 3 heterocycles. The molecule has 0 saturated carbocycles. The minimum Gasteiger partial charge on any atom is -0.480 e. The number of aryl methyl sites for hydroxylation is 1. The first-order valence-corrected chi connectivity index (χ1v) is 11.1. The van der Waals surface area contributed by atoms with Crippen LogP contribution in [0.1, 0.15) is 34.6 Å². The molecule has 12 heteroatoms. The number of hydrogen-bond acceptors (Lipinski definition) is 7. The second-order valence-electron chi connectivity index (χ2n) is 9.56. The molecule has 1 aliphatic heterocycles. The van der Waals surface area contributed by atoms with Crippen molar-refractivity contribution in [1.82, 2.24) is 23.6 Å². The van der Waals surface area contributed by atoms with Crippen molar-refractivity contribution in [1.29, 1.82) is 0 Å². The van der Waals surface area contributed by atoms with Gasteiger partial charge in [-0.05, 0) is 34.6 Å². The maximum Gasteiger partial charge on any atom is 0.410 e. The van der Waals surface area contributed by atoms with E-state index in [1.807, 2.05) is 45.6 Å². The predicted octanol–water partition coefficient (Wildman–Crippen LogP) is 1.00. The molecule has 1 N–H and O–H groups in total. The number of imidazole rings is 1. The van der Waals surface area contributed by atoms with Gasteiger partial charge in [-0.1, -0.05) is 11.6 Å². The molecule has 1 amide bonds. The fourth-order valence-corrected chi connectivity index (χ4v) is 3.74. The average Bonchev–Trinajstić information content (AvgIpc) is 3.12. The lowest BCUT2D eigenvalue weighted by Crippen LogP contribution is -2.50. The van der Waals surface area contributed by atoms with Gasteiger partial charge in [-0.15, -0.1) is 0 Å². The van der Waals surface area contributed by atoms with Crippen LogP contribution in [0.5, 0.6) is 0 Å². The van der Waals surface area contributed by atoms with E-state index in [1.165, 1.54) is 11.6 Å². The summed E-state index contributed by atoms with van der Waals surface area (Å²) in [7, 11) is 1.46. The summed E-state index contributed by atoms with van der Waals surface area (Å²) < 4.78 is 9.05. The molecule has 12 nitrogen and oxygen atoms in total. The topological polar surface area (TPSA) is 132 Å². The number of ether oxygens (including phenoxy) is 1. The molecular formula is C22H32N6O6. The van der Waals surface area contributed by atoms with Gasteiger partial charge in [0.05, 0.1) is 0 Å². The zero-order valence-corrected chi connectivity index (χ0v) is 20.5. The highest BCUT2D eigenvalue weighted by Gasteiger charge is 2.29. The van der Waals surface area contributed by atoms with Crippen LogP contribution in [0.4, 0.5) is 10.7 Å². The molecule has 1 saturated heterocycles. The molecule has 0 radical (unpaired) electrons. The Labute approximate surface area is 196 Å². The fourth-order valence-electron chi connectivity index (χ4n) is 3.74. The van der Waals surface area contributed by atoms with Crippen molar-refractivity contribution in [2.75, 3.05) is 31.1 Å². The number of anilines is 1. The number of piperazine rings is 1. The highest BCUT2D eigenvalue weighted by molar-refractivity contribution is 5.75. The minimum atomic E-state index is -1.28. The molecule has 186 valence electrons. The third kappa shape index (κ3) is 5.15. The monoisotopic (exact) mass is 476 g/mol. The number of nitrogens with zero attached hydrogens (tertiary/aromatic N) is 6. The second kappa shape index (κ2) is 9.35. The summed E-state index contributed by atoms with van der Waals surface area (Å²) in [5, 5.41) is 9.18. The lowest BCUT2D eigenvalue weighted by molar-refractivity contribution is -0.137. The van der Waals surface area contributed by atoms with Crippen LogP contribution in [-0.2, 0) is 29.7 Å². The Bertz CT molecular complexity index is 1250. The molecule has 2 aromatic rings. The van der Waals surface area contributed by atoms with Crippen molar-refractivity contribution in [2.45, 2.75) is 53.3 Å².